The average Bonchev–Trinajstić information content (AvgIpc) is 2.17. The van der Waals surface area contributed by atoms with Crippen molar-refractivity contribution in [3.63, 3.8) is 0 Å². The molecule has 1 N–H and O–H groups in total. The van der Waals surface area contributed by atoms with Gasteiger partial charge in [0, 0.05) is 12.6 Å². The van der Waals surface area contributed by atoms with Crippen molar-refractivity contribution in [2.45, 2.75) is 19.5 Å². The van der Waals surface area contributed by atoms with E-state index in [0.29, 0.717) is 0 Å². The molecule has 0 spiro atoms. The van der Waals surface area contributed by atoms with Crippen molar-refractivity contribution < 1.29 is 18.0 Å². The number of anilines is 1. The Morgan fingerprint density at radius 3 is 2.73 bits per heavy atom. The fourth-order valence-corrected chi connectivity index (χ4v) is 0.971. The Balaban J connectivity index is 3.02. The van der Waals surface area contributed by atoms with Gasteiger partial charge in [-0.3, -0.25) is 4.79 Å². The van der Waals surface area contributed by atoms with E-state index in [-0.39, 0.29) is 12.1 Å². The number of pyridine rings is 1. The maximum Gasteiger partial charge on any atom is 0.435 e. The van der Waals surface area contributed by atoms with Gasteiger partial charge < -0.3 is 5.32 Å². The molecule has 1 aromatic rings. The Bertz CT molecular complexity index is 363. The summed E-state index contributed by atoms with van der Waals surface area (Å²) in [5, 5.41) is 2.15. The standard InChI is InChI=1S/C9H9F3N2O/c1-2-7(15)14-6-4-3-5-13-8(6)9(10,11)12/h3-5H,2H2,1H3,(H,14,15). The molecule has 0 aliphatic rings. The van der Waals surface area contributed by atoms with E-state index in [1.165, 1.54) is 12.1 Å². The molecule has 15 heavy (non-hydrogen) atoms. The quantitative estimate of drug-likeness (QED) is 0.828. The predicted octanol–water partition coefficient (Wildman–Crippen LogP) is 2.45. The fourth-order valence-electron chi connectivity index (χ4n) is 0.971. The lowest BCUT2D eigenvalue weighted by Gasteiger charge is -2.11. The number of halogens is 3. The molecule has 1 aromatic heterocycles. The summed E-state index contributed by atoms with van der Waals surface area (Å²) in [5.41, 5.74) is -1.39. The molecule has 0 fully saturated rings. The maximum absolute atomic E-state index is 12.4. The van der Waals surface area contributed by atoms with Gasteiger partial charge in [0.2, 0.25) is 5.91 Å². The lowest BCUT2D eigenvalue weighted by Crippen LogP contribution is -2.16. The Hall–Kier alpha value is -1.59. The van der Waals surface area contributed by atoms with E-state index >= 15 is 0 Å². The lowest BCUT2D eigenvalue weighted by atomic mass is 10.2. The maximum atomic E-state index is 12.4. The van der Waals surface area contributed by atoms with Crippen molar-refractivity contribution in [3.05, 3.63) is 24.0 Å². The molecule has 1 rings (SSSR count). The second-order valence-electron chi connectivity index (χ2n) is 2.80. The molecular weight excluding hydrogens is 209 g/mol. The molecule has 0 bridgehead atoms. The van der Waals surface area contributed by atoms with Crippen LogP contribution in [0.25, 0.3) is 0 Å². The van der Waals surface area contributed by atoms with E-state index in [1.54, 1.807) is 6.92 Å². The van der Waals surface area contributed by atoms with Gasteiger partial charge in [-0.2, -0.15) is 13.2 Å². The SMILES string of the molecule is CCC(=O)Nc1cccnc1C(F)(F)F. The number of nitrogens with zero attached hydrogens (tertiary/aromatic N) is 1. The second-order valence-corrected chi connectivity index (χ2v) is 2.80. The van der Waals surface area contributed by atoms with Crippen molar-refractivity contribution in [1.82, 2.24) is 4.98 Å². The highest BCUT2D eigenvalue weighted by Gasteiger charge is 2.35. The van der Waals surface area contributed by atoms with Crippen LogP contribution in [0, 0.1) is 0 Å². The van der Waals surface area contributed by atoms with Gasteiger partial charge in [0.25, 0.3) is 0 Å². The minimum Gasteiger partial charge on any atom is -0.324 e. The number of amides is 1. The largest absolute Gasteiger partial charge is 0.435 e. The number of hydrogen-bond acceptors (Lipinski definition) is 2. The molecule has 0 radical (unpaired) electrons. The fraction of sp³-hybridized carbons (Fsp3) is 0.333. The van der Waals surface area contributed by atoms with E-state index in [4.69, 9.17) is 0 Å². The minimum absolute atomic E-state index is 0.117. The van der Waals surface area contributed by atoms with Crippen LogP contribution >= 0.6 is 0 Å². The Morgan fingerprint density at radius 1 is 1.53 bits per heavy atom. The van der Waals surface area contributed by atoms with Gasteiger partial charge in [-0.05, 0) is 12.1 Å². The molecule has 1 heterocycles. The van der Waals surface area contributed by atoms with Gasteiger partial charge in [0.05, 0.1) is 5.69 Å². The van der Waals surface area contributed by atoms with Crippen molar-refractivity contribution in [1.29, 1.82) is 0 Å². The number of carbonyl (C=O) groups is 1. The van der Waals surface area contributed by atoms with E-state index in [1.807, 2.05) is 0 Å². The van der Waals surface area contributed by atoms with E-state index in [2.05, 4.69) is 10.3 Å². The highest BCUT2D eigenvalue weighted by atomic mass is 19.4. The van der Waals surface area contributed by atoms with Gasteiger partial charge >= 0.3 is 6.18 Å². The van der Waals surface area contributed by atoms with Crippen LogP contribution in [-0.4, -0.2) is 10.9 Å². The lowest BCUT2D eigenvalue weighted by molar-refractivity contribution is -0.140. The predicted molar refractivity (Wildman–Crippen MR) is 48.2 cm³/mol. The third kappa shape index (κ3) is 2.93. The number of hydrogen-bond donors (Lipinski definition) is 1. The molecule has 3 nitrogen and oxygen atoms in total. The number of nitrogens with one attached hydrogen (secondary N) is 1. The smallest absolute Gasteiger partial charge is 0.324 e. The van der Waals surface area contributed by atoms with Crippen LogP contribution < -0.4 is 5.32 Å². The summed E-state index contributed by atoms with van der Waals surface area (Å²) in [4.78, 5) is 14.2. The molecule has 0 saturated heterocycles. The van der Waals surface area contributed by atoms with Crippen LogP contribution in [0.1, 0.15) is 19.0 Å². The van der Waals surface area contributed by atoms with E-state index < -0.39 is 17.8 Å². The Kier molecular flexibility index (Phi) is 3.28. The normalized spacial score (nSPS) is 11.2. The van der Waals surface area contributed by atoms with Crippen molar-refractivity contribution in [2.75, 3.05) is 5.32 Å². The summed E-state index contributed by atoms with van der Waals surface area (Å²) < 4.78 is 37.2. The molecule has 0 unspecified atom stereocenters. The first-order valence-corrected chi connectivity index (χ1v) is 4.27. The molecule has 0 aliphatic carbocycles. The molecule has 1 amide bonds. The van der Waals surface area contributed by atoms with E-state index in [9.17, 15) is 18.0 Å². The first kappa shape index (κ1) is 11.5. The molecule has 6 heteroatoms. The zero-order valence-electron chi connectivity index (χ0n) is 7.93. The van der Waals surface area contributed by atoms with Crippen LogP contribution in [-0.2, 0) is 11.0 Å². The number of alkyl halides is 3. The topological polar surface area (TPSA) is 42.0 Å². The summed E-state index contributed by atoms with van der Waals surface area (Å²) in [5.74, 6) is -0.478. The highest BCUT2D eigenvalue weighted by molar-refractivity contribution is 5.91. The Labute approximate surface area is 84.3 Å². The molecule has 0 aliphatic heterocycles. The molecule has 0 aromatic carbocycles. The van der Waals surface area contributed by atoms with Gasteiger partial charge in [0.1, 0.15) is 0 Å². The zero-order valence-corrected chi connectivity index (χ0v) is 7.93. The number of carbonyl (C=O) groups excluding carboxylic acids is 1. The Morgan fingerprint density at radius 2 is 2.20 bits per heavy atom. The molecule has 0 saturated carbocycles. The van der Waals surface area contributed by atoms with E-state index in [0.717, 1.165) is 6.20 Å². The van der Waals surface area contributed by atoms with Gasteiger partial charge in [-0.15, -0.1) is 0 Å². The third-order valence-electron chi connectivity index (χ3n) is 1.67. The number of aromatic nitrogens is 1. The first-order chi connectivity index (χ1) is 6.95. The van der Waals surface area contributed by atoms with Gasteiger partial charge in [0.15, 0.2) is 5.69 Å². The second kappa shape index (κ2) is 4.29. The summed E-state index contributed by atoms with van der Waals surface area (Å²) in [6.07, 6.45) is -3.41. The van der Waals surface area contributed by atoms with Crippen LogP contribution in [0.15, 0.2) is 18.3 Å². The average molecular weight is 218 g/mol. The van der Waals surface area contributed by atoms with Crippen molar-refractivity contribution in [2.24, 2.45) is 0 Å². The number of rotatable bonds is 2. The zero-order chi connectivity index (χ0) is 11.5. The monoisotopic (exact) mass is 218 g/mol. The summed E-state index contributed by atoms with van der Waals surface area (Å²) >= 11 is 0. The van der Waals surface area contributed by atoms with Crippen LogP contribution in [0.3, 0.4) is 0 Å². The third-order valence-corrected chi connectivity index (χ3v) is 1.67. The molecular formula is C9H9F3N2O. The van der Waals surface area contributed by atoms with Gasteiger partial charge in [-0.25, -0.2) is 4.98 Å². The molecule has 0 atom stereocenters. The van der Waals surface area contributed by atoms with Crippen LogP contribution in [0.5, 0.6) is 0 Å². The minimum atomic E-state index is -4.56. The van der Waals surface area contributed by atoms with Gasteiger partial charge in [-0.1, -0.05) is 6.92 Å². The van der Waals surface area contributed by atoms with Crippen LogP contribution in [0.4, 0.5) is 18.9 Å². The highest BCUT2D eigenvalue weighted by Crippen LogP contribution is 2.32. The van der Waals surface area contributed by atoms with Crippen LogP contribution in [0.2, 0.25) is 0 Å². The van der Waals surface area contributed by atoms with Crippen molar-refractivity contribution in [3.8, 4) is 0 Å². The first-order valence-electron chi connectivity index (χ1n) is 4.27. The summed E-state index contributed by atoms with van der Waals surface area (Å²) in [7, 11) is 0. The molecule has 82 valence electrons. The summed E-state index contributed by atoms with van der Waals surface area (Å²) in [6.45, 7) is 1.55. The summed E-state index contributed by atoms with van der Waals surface area (Å²) in [6, 6.07) is 2.50. The van der Waals surface area contributed by atoms with Crippen molar-refractivity contribution >= 4 is 11.6 Å².